The Hall–Kier alpha value is -0.460. The van der Waals surface area contributed by atoms with Gasteiger partial charge in [-0.2, -0.15) is 0 Å². The molecule has 1 aromatic heterocycles. The number of likely N-dealkylation sites (tertiary alicyclic amines) is 1. The van der Waals surface area contributed by atoms with Crippen molar-refractivity contribution in [3.8, 4) is 0 Å². The second kappa shape index (κ2) is 6.81. The molecule has 0 bridgehead atoms. The molecule has 6 heteroatoms. The number of hydrogen-bond donors (Lipinski definition) is 1. The van der Waals surface area contributed by atoms with E-state index in [9.17, 15) is 4.79 Å². The van der Waals surface area contributed by atoms with Gasteiger partial charge in [-0.1, -0.05) is 6.92 Å². The van der Waals surface area contributed by atoms with E-state index in [4.69, 9.17) is 0 Å². The van der Waals surface area contributed by atoms with Crippen LogP contribution in [-0.2, 0) is 0 Å². The van der Waals surface area contributed by atoms with E-state index in [2.05, 4.69) is 38.1 Å². The fourth-order valence-electron chi connectivity index (χ4n) is 2.36. The summed E-state index contributed by atoms with van der Waals surface area (Å²) < 4.78 is 0.815. The third-order valence-corrected chi connectivity index (χ3v) is 4.91. The van der Waals surface area contributed by atoms with Crippen molar-refractivity contribution in [2.24, 2.45) is 5.92 Å². The lowest BCUT2D eigenvalue weighted by Crippen LogP contribution is -2.34. The Morgan fingerprint density at radius 1 is 1.53 bits per heavy atom. The Balaban J connectivity index is 1.78. The van der Waals surface area contributed by atoms with Crippen molar-refractivity contribution in [1.82, 2.24) is 15.2 Å². The van der Waals surface area contributed by atoms with E-state index >= 15 is 0 Å². The fraction of sp³-hybridized carbons (Fsp3) is 0.692. The van der Waals surface area contributed by atoms with Gasteiger partial charge in [0.15, 0.2) is 5.69 Å². The van der Waals surface area contributed by atoms with Crippen molar-refractivity contribution in [2.75, 3.05) is 26.2 Å². The quantitative estimate of drug-likeness (QED) is 0.892. The van der Waals surface area contributed by atoms with Crippen LogP contribution < -0.4 is 5.32 Å². The third kappa shape index (κ3) is 4.26. The van der Waals surface area contributed by atoms with Crippen molar-refractivity contribution < 1.29 is 4.79 Å². The largest absolute Gasteiger partial charge is 0.350 e. The third-order valence-electron chi connectivity index (χ3n) is 3.29. The maximum absolute atomic E-state index is 12.0. The zero-order valence-corrected chi connectivity index (χ0v) is 13.8. The second-order valence-corrected chi connectivity index (χ2v) is 7.70. The molecule has 4 nitrogen and oxygen atoms in total. The molecule has 1 saturated heterocycles. The molecule has 0 aromatic carbocycles. The number of hydrogen-bond acceptors (Lipinski definition) is 4. The van der Waals surface area contributed by atoms with Crippen LogP contribution in [0.25, 0.3) is 0 Å². The zero-order valence-electron chi connectivity index (χ0n) is 11.4. The number of carbonyl (C=O) groups excluding carboxylic acids is 1. The van der Waals surface area contributed by atoms with Gasteiger partial charge in [0.1, 0.15) is 3.79 Å². The molecule has 2 heterocycles. The highest BCUT2D eigenvalue weighted by Crippen LogP contribution is 2.24. The van der Waals surface area contributed by atoms with Gasteiger partial charge >= 0.3 is 0 Å². The molecule has 1 aliphatic heterocycles. The lowest BCUT2D eigenvalue weighted by Gasteiger charge is -2.20. The number of carbonyl (C=O) groups is 1. The fourth-order valence-corrected chi connectivity index (χ4v) is 3.97. The van der Waals surface area contributed by atoms with Crippen LogP contribution >= 0.6 is 27.3 Å². The molecule has 1 atom stereocenters. The van der Waals surface area contributed by atoms with E-state index in [1.807, 2.05) is 6.92 Å². The van der Waals surface area contributed by atoms with E-state index in [1.54, 1.807) is 0 Å². The minimum atomic E-state index is -0.0792. The van der Waals surface area contributed by atoms with Gasteiger partial charge < -0.3 is 10.2 Å². The maximum atomic E-state index is 12.0. The minimum Gasteiger partial charge on any atom is -0.350 e. The van der Waals surface area contributed by atoms with Crippen LogP contribution in [-0.4, -0.2) is 42.0 Å². The van der Waals surface area contributed by atoms with E-state index in [0.29, 0.717) is 18.2 Å². The van der Waals surface area contributed by atoms with Crippen molar-refractivity contribution in [2.45, 2.75) is 26.7 Å². The topological polar surface area (TPSA) is 45.2 Å². The van der Waals surface area contributed by atoms with Gasteiger partial charge in [-0.15, -0.1) is 11.3 Å². The molecule has 0 aliphatic carbocycles. The van der Waals surface area contributed by atoms with Gasteiger partial charge in [-0.05, 0) is 54.7 Å². The van der Waals surface area contributed by atoms with E-state index in [-0.39, 0.29) is 5.91 Å². The number of aromatic nitrogens is 1. The summed E-state index contributed by atoms with van der Waals surface area (Å²) in [5, 5.41) is 3.88. The molecule has 1 aromatic rings. The molecule has 106 valence electrons. The molecule has 1 N–H and O–H groups in total. The normalized spacial score (nSPS) is 17.6. The van der Waals surface area contributed by atoms with E-state index in [0.717, 1.165) is 15.3 Å². The summed E-state index contributed by atoms with van der Waals surface area (Å²) in [4.78, 5) is 18.7. The number of nitrogens with one attached hydrogen (secondary N) is 1. The summed E-state index contributed by atoms with van der Waals surface area (Å²) in [6.07, 6.45) is 2.62. The number of thiazole rings is 1. The van der Waals surface area contributed by atoms with Gasteiger partial charge in [-0.3, -0.25) is 4.79 Å². The first kappa shape index (κ1) is 14.9. The van der Waals surface area contributed by atoms with E-state index < -0.39 is 0 Å². The van der Waals surface area contributed by atoms with Crippen molar-refractivity contribution in [3.63, 3.8) is 0 Å². The van der Waals surface area contributed by atoms with Gasteiger partial charge in [0.25, 0.3) is 5.91 Å². The Morgan fingerprint density at radius 2 is 2.21 bits per heavy atom. The highest BCUT2D eigenvalue weighted by Gasteiger charge is 2.18. The number of amides is 1. The monoisotopic (exact) mass is 345 g/mol. The zero-order chi connectivity index (χ0) is 13.8. The summed E-state index contributed by atoms with van der Waals surface area (Å²) in [6.45, 7) is 8.27. The lowest BCUT2D eigenvalue weighted by molar-refractivity contribution is 0.0940. The summed E-state index contributed by atoms with van der Waals surface area (Å²) in [5.74, 6) is 0.394. The first-order valence-corrected chi connectivity index (χ1v) is 8.30. The predicted molar refractivity (Wildman–Crippen MR) is 81.7 cm³/mol. The van der Waals surface area contributed by atoms with Crippen LogP contribution in [0, 0.1) is 12.8 Å². The predicted octanol–water partition coefficient (Wildman–Crippen LogP) is 2.68. The van der Waals surface area contributed by atoms with Crippen molar-refractivity contribution >= 4 is 33.2 Å². The van der Waals surface area contributed by atoms with Crippen LogP contribution in [0.1, 0.15) is 35.3 Å². The summed E-state index contributed by atoms with van der Waals surface area (Å²) in [7, 11) is 0. The Morgan fingerprint density at radius 3 is 2.79 bits per heavy atom. The van der Waals surface area contributed by atoms with Gasteiger partial charge in [0, 0.05) is 13.1 Å². The Labute approximate surface area is 126 Å². The van der Waals surface area contributed by atoms with Gasteiger partial charge in [0.05, 0.1) is 5.01 Å². The average Bonchev–Trinajstić information content (AvgIpc) is 2.96. The SMILES string of the molecule is Cc1nc(C(=O)NC[C@H](C)CN2CCCC2)c(Br)s1. The van der Waals surface area contributed by atoms with Crippen molar-refractivity contribution in [1.29, 1.82) is 0 Å². The molecule has 19 heavy (non-hydrogen) atoms. The van der Waals surface area contributed by atoms with Crippen molar-refractivity contribution in [3.05, 3.63) is 14.5 Å². The van der Waals surface area contributed by atoms with Crippen LogP contribution in [0.3, 0.4) is 0 Å². The van der Waals surface area contributed by atoms with E-state index in [1.165, 1.54) is 37.3 Å². The number of rotatable bonds is 5. The number of nitrogens with zero attached hydrogens (tertiary/aromatic N) is 2. The summed E-state index contributed by atoms with van der Waals surface area (Å²) >= 11 is 4.88. The Bertz CT molecular complexity index is 443. The summed E-state index contributed by atoms with van der Waals surface area (Å²) in [6, 6.07) is 0. The molecule has 1 amide bonds. The lowest BCUT2D eigenvalue weighted by atomic mass is 10.1. The number of aryl methyl sites for hydroxylation is 1. The van der Waals surface area contributed by atoms with Gasteiger partial charge in [-0.25, -0.2) is 4.98 Å². The molecule has 0 saturated carbocycles. The minimum absolute atomic E-state index is 0.0792. The smallest absolute Gasteiger partial charge is 0.271 e. The molecule has 0 radical (unpaired) electrons. The maximum Gasteiger partial charge on any atom is 0.271 e. The highest BCUT2D eigenvalue weighted by atomic mass is 79.9. The molecule has 0 unspecified atom stereocenters. The second-order valence-electron chi connectivity index (χ2n) is 5.18. The molecular formula is C13H20BrN3OS. The first-order valence-electron chi connectivity index (χ1n) is 6.69. The Kier molecular flexibility index (Phi) is 5.36. The molecular weight excluding hydrogens is 326 g/mol. The summed E-state index contributed by atoms with van der Waals surface area (Å²) in [5.41, 5.74) is 0.510. The first-order chi connectivity index (χ1) is 9.06. The average molecular weight is 346 g/mol. The van der Waals surface area contributed by atoms with Crippen LogP contribution in [0.15, 0.2) is 3.79 Å². The van der Waals surface area contributed by atoms with Gasteiger partial charge in [0.2, 0.25) is 0 Å². The van der Waals surface area contributed by atoms with Crippen LogP contribution in [0.2, 0.25) is 0 Å². The van der Waals surface area contributed by atoms with Crippen LogP contribution in [0.5, 0.6) is 0 Å². The van der Waals surface area contributed by atoms with Crippen LogP contribution in [0.4, 0.5) is 0 Å². The molecule has 1 aliphatic rings. The molecule has 1 fully saturated rings. The molecule has 0 spiro atoms. The standard InChI is InChI=1S/C13H20BrN3OS/c1-9(8-17-5-3-4-6-17)7-15-13(18)11-12(14)19-10(2)16-11/h9H,3-8H2,1-2H3,(H,15,18)/t9-/m0/s1. The highest BCUT2D eigenvalue weighted by molar-refractivity contribution is 9.11. The number of halogens is 1. The molecule has 2 rings (SSSR count).